The van der Waals surface area contributed by atoms with Gasteiger partial charge in [0.2, 0.25) is 0 Å². The van der Waals surface area contributed by atoms with Crippen LogP contribution in [0.15, 0.2) is 11.9 Å². The molecule has 0 aliphatic heterocycles. The maximum Gasteiger partial charge on any atom is 0.348 e. The summed E-state index contributed by atoms with van der Waals surface area (Å²) in [6.07, 6.45) is 2.21. The summed E-state index contributed by atoms with van der Waals surface area (Å²) in [4.78, 5) is 16.7. The summed E-state index contributed by atoms with van der Waals surface area (Å²) in [7, 11) is -7.60. The van der Waals surface area contributed by atoms with Crippen LogP contribution in [0.2, 0.25) is 0 Å². The van der Waals surface area contributed by atoms with Crippen molar-refractivity contribution in [2.24, 2.45) is 0 Å². The monoisotopic (exact) mass is 230 g/mol. The molecule has 6 nitrogen and oxygen atoms in total. The lowest BCUT2D eigenvalue weighted by atomic mass is 10.5. The van der Waals surface area contributed by atoms with Gasteiger partial charge in [-0.15, -0.1) is 0 Å². The first kappa shape index (κ1) is 12.8. The zero-order valence-corrected chi connectivity index (χ0v) is 8.66. The molecule has 0 atom stereocenters. The van der Waals surface area contributed by atoms with Gasteiger partial charge in [-0.2, -0.15) is 8.42 Å². The summed E-state index contributed by atoms with van der Waals surface area (Å²) in [5.41, 5.74) is 0. The van der Waals surface area contributed by atoms with E-state index in [1.807, 2.05) is 0 Å². The lowest BCUT2D eigenvalue weighted by Gasteiger charge is -1.97. The molecule has 0 amide bonds. The third kappa shape index (κ3) is 11.8. The van der Waals surface area contributed by atoms with Crippen molar-refractivity contribution in [2.45, 2.75) is 6.42 Å². The van der Waals surface area contributed by atoms with E-state index in [4.69, 9.17) is 9.79 Å². The number of hydrogen-bond donors (Lipinski definition) is 2. The van der Waals surface area contributed by atoms with Gasteiger partial charge >= 0.3 is 7.60 Å². The van der Waals surface area contributed by atoms with Gasteiger partial charge in [0.05, 0.1) is 12.9 Å². The van der Waals surface area contributed by atoms with Crippen molar-refractivity contribution in [1.29, 1.82) is 0 Å². The van der Waals surface area contributed by atoms with Crippen molar-refractivity contribution >= 4 is 17.7 Å². The molecule has 0 aromatic rings. The lowest BCUT2D eigenvalue weighted by Crippen LogP contribution is -2.02. The van der Waals surface area contributed by atoms with E-state index in [2.05, 4.69) is 4.18 Å². The number of rotatable bonds is 5. The van der Waals surface area contributed by atoms with E-state index in [1.165, 1.54) is 6.08 Å². The second-order valence-electron chi connectivity index (χ2n) is 2.29. The Balaban J connectivity index is 3.71. The fraction of sp³-hybridized carbons (Fsp3) is 0.600. The molecule has 0 aliphatic carbocycles. The van der Waals surface area contributed by atoms with Gasteiger partial charge in [-0.1, -0.05) is 6.08 Å². The minimum atomic E-state index is -4.13. The van der Waals surface area contributed by atoms with Crippen LogP contribution in [-0.4, -0.2) is 31.1 Å². The molecule has 2 N–H and O–H groups in total. The second kappa shape index (κ2) is 4.88. The molecule has 13 heavy (non-hydrogen) atoms. The smallest absolute Gasteiger partial charge is 0.321 e. The molecule has 0 aromatic carbocycles. The van der Waals surface area contributed by atoms with Crippen LogP contribution in [0, 0.1) is 0 Å². The van der Waals surface area contributed by atoms with E-state index in [9.17, 15) is 13.0 Å². The highest BCUT2D eigenvalue weighted by Gasteiger charge is 2.05. The Bertz CT molecular complexity index is 312. The first-order valence-corrected chi connectivity index (χ1v) is 6.78. The van der Waals surface area contributed by atoms with Crippen molar-refractivity contribution in [3.05, 3.63) is 11.9 Å². The molecule has 0 fully saturated rings. The van der Waals surface area contributed by atoms with Gasteiger partial charge in [0.25, 0.3) is 10.1 Å². The van der Waals surface area contributed by atoms with E-state index in [0.717, 1.165) is 6.26 Å². The van der Waals surface area contributed by atoms with Gasteiger partial charge < -0.3 is 9.79 Å². The fourth-order valence-corrected chi connectivity index (χ4v) is 1.30. The molecule has 0 saturated carbocycles. The molecule has 0 aliphatic rings. The molecule has 0 spiro atoms. The Labute approximate surface area is 76.5 Å². The average molecular weight is 230 g/mol. The highest BCUT2D eigenvalue weighted by atomic mass is 32.2. The minimum Gasteiger partial charge on any atom is -0.321 e. The third-order valence-corrected chi connectivity index (χ3v) is 2.08. The Morgan fingerprint density at radius 1 is 1.46 bits per heavy atom. The summed E-state index contributed by atoms with van der Waals surface area (Å²) in [5, 5.41) is 0. The molecule has 0 aromatic heterocycles. The van der Waals surface area contributed by atoms with Gasteiger partial charge in [-0.05, 0) is 6.42 Å². The van der Waals surface area contributed by atoms with E-state index in [-0.39, 0.29) is 13.0 Å². The SMILES string of the molecule is CS(=O)(=O)OCC/C=C/P(=O)(O)O. The van der Waals surface area contributed by atoms with Gasteiger partial charge in [0, 0.05) is 5.82 Å². The summed E-state index contributed by atoms with van der Waals surface area (Å²) in [6, 6.07) is 0. The highest BCUT2D eigenvalue weighted by Crippen LogP contribution is 2.35. The zero-order valence-electron chi connectivity index (χ0n) is 6.95. The summed E-state index contributed by atoms with van der Waals surface area (Å²) >= 11 is 0. The van der Waals surface area contributed by atoms with Gasteiger partial charge in [0.1, 0.15) is 0 Å². The highest BCUT2D eigenvalue weighted by molar-refractivity contribution is 7.85. The van der Waals surface area contributed by atoms with Crippen LogP contribution in [0.25, 0.3) is 0 Å². The normalized spacial score (nSPS) is 13.8. The van der Waals surface area contributed by atoms with Crippen molar-refractivity contribution in [3.8, 4) is 0 Å². The average Bonchev–Trinajstić information content (AvgIpc) is 1.81. The van der Waals surface area contributed by atoms with Crippen molar-refractivity contribution in [1.82, 2.24) is 0 Å². The molecule has 0 bridgehead atoms. The van der Waals surface area contributed by atoms with Crippen LogP contribution < -0.4 is 0 Å². The summed E-state index contributed by atoms with van der Waals surface area (Å²) in [5.74, 6) is 0.707. The molecule has 0 rings (SSSR count). The Hall–Kier alpha value is -0.200. The standard InChI is InChI=1S/C5H11O6PS/c1-13(9,10)11-4-2-3-5-12(6,7)8/h3,5H,2,4H2,1H3,(H2,6,7,8)/b5-3+. The molecular formula is C5H11O6PS. The quantitative estimate of drug-likeness (QED) is 0.393. The van der Waals surface area contributed by atoms with Crippen LogP contribution in [-0.2, 0) is 18.9 Å². The Kier molecular flexibility index (Phi) is 4.80. The van der Waals surface area contributed by atoms with Crippen LogP contribution in [0.1, 0.15) is 6.42 Å². The Morgan fingerprint density at radius 3 is 2.38 bits per heavy atom. The first-order chi connectivity index (χ1) is 5.71. The Morgan fingerprint density at radius 2 is 2.00 bits per heavy atom. The van der Waals surface area contributed by atoms with Crippen LogP contribution in [0.5, 0.6) is 0 Å². The zero-order chi connectivity index (χ0) is 10.5. The summed E-state index contributed by atoms with van der Waals surface area (Å²) < 4.78 is 35.3. The van der Waals surface area contributed by atoms with Crippen molar-refractivity contribution in [3.63, 3.8) is 0 Å². The van der Waals surface area contributed by atoms with E-state index in [1.54, 1.807) is 0 Å². The predicted octanol–water partition coefficient (Wildman–Crippen LogP) is 0.0441. The largest absolute Gasteiger partial charge is 0.348 e. The van der Waals surface area contributed by atoms with Crippen molar-refractivity contribution < 1.29 is 27.0 Å². The topological polar surface area (TPSA) is 101 Å². The number of hydrogen-bond acceptors (Lipinski definition) is 4. The molecule has 0 unspecified atom stereocenters. The van der Waals surface area contributed by atoms with Crippen LogP contribution in [0.3, 0.4) is 0 Å². The van der Waals surface area contributed by atoms with Crippen molar-refractivity contribution in [2.75, 3.05) is 12.9 Å². The molecule has 8 heteroatoms. The second-order valence-corrected chi connectivity index (χ2v) is 5.41. The third-order valence-electron chi connectivity index (χ3n) is 0.882. The van der Waals surface area contributed by atoms with Gasteiger partial charge in [-0.25, -0.2) is 0 Å². The molecular weight excluding hydrogens is 219 g/mol. The first-order valence-electron chi connectivity index (χ1n) is 3.28. The molecule has 0 radical (unpaired) electrons. The van der Waals surface area contributed by atoms with Crippen LogP contribution >= 0.6 is 7.60 Å². The molecule has 0 saturated heterocycles. The molecule has 78 valence electrons. The minimum absolute atomic E-state index is 0.116. The molecule has 0 heterocycles. The fourth-order valence-electron chi connectivity index (χ4n) is 0.479. The lowest BCUT2D eigenvalue weighted by molar-refractivity contribution is 0.328. The maximum absolute atomic E-state index is 10.4. The van der Waals surface area contributed by atoms with E-state index >= 15 is 0 Å². The van der Waals surface area contributed by atoms with Crippen LogP contribution in [0.4, 0.5) is 0 Å². The summed E-state index contributed by atoms with van der Waals surface area (Å²) in [6.45, 7) is -0.116. The predicted molar refractivity (Wildman–Crippen MR) is 46.6 cm³/mol. The van der Waals surface area contributed by atoms with Gasteiger partial charge in [-0.3, -0.25) is 8.75 Å². The van der Waals surface area contributed by atoms with E-state index < -0.39 is 17.7 Å². The van der Waals surface area contributed by atoms with Gasteiger partial charge in [0.15, 0.2) is 0 Å². The van der Waals surface area contributed by atoms with E-state index in [0.29, 0.717) is 5.82 Å². The maximum atomic E-state index is 10.4.